The van der Waals surface area contributed by atoms with Gasteiger partial charge in [-0.3, -0.25) is 10.2 Å². The highest BCUT2D eigenvalue weighted by atomic mass is 19.4. The van der Waals surface area contributed by atoms with Gasteiger partial charge in [0.05, 0.1) is 0 Å². The zero-order chi connectivity index (χ0) is 15.8. The van der Waals surface area contributed by atoms with Crippen molar-refractivity contribution in [2.24, 2.45) is 0 Å². The van der Waals surface area contributed by atoms with E-state index in [2.05, 4.69) is 5.43 Å². The van der Waals surface area contributed by atoms with Crippen molar-refractivity contribution < 1.29 is 18.0 Å². The average Bonchev–Trinajstić information content (AvgIpc) is 2.60. The summed E-state index contributed by atoms with van der Waals surface area (Å²) in [7, 11) is 0. The van der Waals surface area contributed by atoms with Crippen LogP contribution < -0.4 is 5.43 Å². The molecule has 6 heteroatoms. The number of halogens is 3. The van der Waals surface area contributed by atoms with E-state index in [1.807, 2.05) is 6.92 Å². The van der Waals surface area contributed by atoms with Crippen molar-refractivity contribution in [3.05, 3.63) is 35.4 Å². The van der Waals surface area contributed by atoms with Gasteiger partial charge in [-0.05, 0) is 32.8 Å². The third-order valence-corrected chi connectivity index (χ3v) is 3.73. The van der Waals surface area contributed by atoms with Crippen LogP contribution in [0.5, 0.6) is 0 Å². The highest BCUT2D eigenvalue weighted by Crippen LogP contribution is 2.34. The molecular weight excluding hydrogens is 281 g/mol. The molecule has 3 nitrogen and oxygen atoms in total. The zero-order valence-electron chi connectivity index (χ0n) is 12.3. The molecule has 0 aromatic heterocycles. The van der Waals surface area contributed by atoms with Gasteiger partial charge in [0, 0.05) is 12.0 Å². The Labute approximate surface area is 122 Å². The van der Waals surface area contributed by atoms with E-state index in [1.54, 1.807) is 38.1 Å². The Morgan fingerprint density at radius 3 is 2.29 bits per heavy atom. The quantitative estimate of drug-likeness (QED) is 0.931. The highest BCUT2D eigenvalue weighted by molar-refractivity contribution is 5.78. The molecule has 2 rings (SSSR count). The molecule has 1 fully saturated rings. The third kappa shape index (κ3) is 3.56. The van der Waals surface area contributed by atoms with Gasteiger partial charge in [-0.2, -0.15) is 13.2 Å². The van der Waals surface area contributed by atoms with Crippen molar-refractivity contribution >= 4 is 5.91 Å². The largest absolute Gasteiger partial charge is 0.406 e. The number of hydrogen-bond donors (Lipinski definition) is 1. The average molecular weight is 300 g/mol. The predicted octanol–water partition coefficient (Wildman–Crippen LogP) is 2.98. The fraction of sp³-hybridized carbons (Fsp3) is 0.533. The lowest BCUT2D eigenvalue weighted by Gasteiger charge is -2.37. The van der Waals surface area contributed by atoms with E-state index >= 15 is 0 Å². The summed E-state index contributed by atoms with van der Waals surface area (Å²) in [4.78, 5) is 11.5. The van der Waals surface area contributed by atoms with Crippen LogP contribution in [-0.2, 0) is 11.2 Å². The first kappa shape index (κ1) is 15.8. The van der Waals surface area contributed by atoms with E-state index < -0.39 is 17.8 Å². The number of carbonyl (C=O) groups excluding carboxylic acids is 1. The third-order valence-electron chi connectivity index (χ3n) is 3.73. The van der Waals surface area contributed by atoms with Gasteiger partial charge in [0.15, 0.2) is 0 Å². The summed E-state index contributed by atoms with van der Waals surface area (Å²) in [5.41, 5.74) is 3.09. The van der Waals surface area contributed by atoms with E-state index in [1.165, 1.54) is 0 Å². The molecule has 0 saturated carbocycles. The SMILES string of the molecule is Cc1ccc(CC(N2NC(=O)CC2(C)C)C(F)(F)F)cc1. The molecule has 1 unspecified atom stereocenters. The molecule has 1 saturated heterocycles. The first-order valence-corrected chi connectivity index (χ1v) is 6.81. The van der Waals surface area contributed by atoms with Crippen LogP contribution in [0.4, 0.5) is 13.2 Å². The Bertz CT molecular complexity index is 523. The van der Waals surface area contributed by atoms with Crippen molar-refractivity contribution in [2.75, 3.05) is 0 Å². The Balaban J connectivity index is 2.27. The standard InChI is InChI=1S/C15H19F3N2O/c1-10-4-6-11(7-5-10)8-12(15(16,17)18)20-14(2,3)9-13(21)19-20/h4-7,12H,8-9H2,1-3H3,(H,19,21). The molecule has 1 aliphatic rings. The lowest BCUT2D eigenvalue weighted by Crippen LogP contribution is -2.57. The van der Waals surface area contributed by atoms with Gasteiger partial charge in [-0.1, -0.05) is 29.8 Å². The van der Waals surface area contributed by atoms with Crippen molar-refractivity contribution in [1.29, 1.82) is 0 Å². The maximum absolute atomic E-state index is 13.4. The van der Waals surface area contributed by atoms with Gasteiger partial charge in [-0.25, -0.2) is 5.01 Å². The van der Waals surface area contributed by atoms with Crippen molar-refractivity contribution in [1.82, 2.24) is 10.4 Å². The minimum absolute atomic E-state index is 0.0630. The fourth-order valence-electron chi connectivity index (χ4n) is 2.60. The van der Waals surface area contributed by atoms with Crippen LogP contribution in [-0.4, -0.2) is 28.7 Å². The topological polar surface area (TPSA) is 32.3 Å². The summed E-state index contributed by atoms with van der Waals surface area (Å²) in [6.45, 7) is 5.16. The molecule has 1 aromatic rings. The van der Waals surface area contributed by atoms with E-state index in [0.29, 0.717) is 5.56 Å². The number of alkyl halides is 3. The summed E-state index contributed by atoms with van der Waals surface area (Å²) in [6, 6.07) is 5.23. The molecule has 0 spiro atoms. The number of hydrogen-bond acceptors (Lipinski definition) is 2. The summed E-state index contributed by atoms with van der Waals surface area (Å²) < 4.78 is 40.2. The number of benzene rings is 1. The normalized spacial score (nSPS) is 20.4. The van der Waals surface area contributed by atoms with Crippen molar-refractivity contribution in [2.45, 2.75) is 51.4 Å². The molecule has 0 aliphatic carbocycles. The van der Waals surface area contributed by atoms with Crippen LogP contribution in [0.25, 0.3) is 0 Å². The van der Waals surface area contributed by atoms with E-state index in [-0.39, 0.29) is 18.7 Å². The Hall–Kier alpha value is -1.56. The molecule has 21 heavy (non-hydrogen) atoms. The molecule has 1 atom stereocenters. The number of carbonyl (C=O) groups is 1. The van der Waals surface area contributed by atoms with Crippen LogP contribution in [0, 0.1) is 6.92 Å². The van der Waals surface area contributed by atoms with Gasteiger partial charge >= 0.3 is 6.18 Å². The van der Waals surface area contributed by atoms with E-state index in [0.717, 1.165) is 10.6 Å². The number of rotatable bonds is 3. The Morgan fingerprint density at radius 1 is 1.29 bits per heavy atom. The molecule has 116 valence electrons. The van der Waals surface area contributed by atoms with Gasteiger partial charge in [0.1, 0.15) is 6.04 Å². The molecule has 1 N–H and O–H groups in total. The minimum atomic E-state index is -4.42. The maximum atomic E-state index is 13.4. The number of nitrogens with one attached hydrogen (secondary N) is 1. The van der Waals surface area contributed by atoms with Crippen LogP contribution in [0.3, 0.4) is 0 Å². The van der Waals surface area contributed by atoms with E-state index in [9.17, 15) is 18.0 Å². The van der Waals surface area contributed by atoms with Gasteiger partial charge in [-0.15, -0.1) is 0 Å². The molecular formula is C15H19F3N2O. The molecule has 1 aliphatic heterocycles. The lowest BCUT2D eigenvalue weighted by molar-refractivity contribution is -0.200. The number of hydrazine groups is 1. The molecule has 1 heterocycles. The van der Waals surface area contributed by atoms with Crippen LogP contribution in [0.2, 0.25) is 0 Å². The molecule has 0 bridgehead atoms. The fourth-order valence-corrected chi connectivity index (χ4v) is 2.60. The summed E-state index contributed by atoms with van der Waals surface area (Å²) in [5.74, 6) is -0.377. The summed E-state index contributed by atoms with van der Waals surface area (Å²) in [6.07, 6.45) is -4.54. The maximum Gasteiger partial charge on any atom is 0.406 e. The van der Waals surface area contributed by atoms with Gasteiger partial charge in [0.2, 0.25) is 5.91 Å². The molecule has 1 aromatic carbocycles. The minimum Gasteiger partial charge on any atom is -0.288 e. The number of aryl methyl sites for hydroxylation is 1. The van der Waals surface area contributed by atoms with Crippen LogP contribution in [0.15, 0.2) is 24.3 Å². The van der Waals surface area contributed by atoms with Gasteiger partial charge in [0.25, 0.3) is 0 Å². The number of amides is 1. The second-order valence-electron chi connectivity index (χ2n) is 6.14. The second kappa shape index (κ2) is 5.33. The first-order chi connectivity index (χ1) is 9.59. The number of nitrogens with zero attached hydrogens (tertiary/aromatic N) is 1. The van der Waals surface area contributed by atoms with Crippen LogP contribution in [0.1, 0.15) is 31.4 Å². The molecule has 1 amide bonds. The second-order valence-corrected chi connectivity index (χ2v) is 6.14. The van der Waals surface area contributed by atoms with Crippen LogP contribution >= 0.6 is 0 Å². The van der Waals surface area contributed by atoms with Crippen molar-refractivity contribution in [3.8, 4) is 0 Å². The predicted molar refractivity (Wildman–Crippen MR) is 73.4 cm³/mol. The lowest BCUT2D eigenvalue weighted by atomic mass is 9.97. The summed E-state index contributed by atoms with van der Waals surface area (Å²) >= 11 is 0. The van der Waals surface area contributed by atoms with E-state index in [4.69, 9.17) is 0 Å². The zero-order valence-corrected chi connectivity index (χ0v) is 12.3. The monoisotopic (exact) mass is 300 g/mol. The smallest absolute Gasteiger partial charge is 0.288 e. The summed E-state index contributed by atoms with van der Waals surface area (Å²) in [5, 5.41) is 1.05. The Kier molecular flexibility index (Phi) is 4.02. The highest BCUT2D eigenvalue weighted by Gasteiger charge is 2.51. The van der Waals surface area contributed by atoms with Crippen molar-refractivity contribution in [3.63, 3.8) is 0 Å². The Morgan fingerprint density at radius 2 is 1.86 bits per heavy atom. The first-order valence-electron chi connectivity index (χ1n) is 6.81. The molecule has 0 radical (unpaired) electrons. The van der Waals surface area contributed by atoms with Gasteiger partial charge < -0.3 is 0 Å².